The van der Waals surface area contributed by atoms with Crippen molar-refractivity contribution in [3.8, 4) is 0 Å². The van der Waals surface area contributed by atoms with Crippen molar-refractivity contribution in [3.63, 3.8) is 0 Å². The third-order valence-electron chi connectivity index (χ3n) is 8.12. The second-order valence-corrected chi connectivity index (χ2v) is 11.8. The molecule has 4 heteroatoms. The lowest BCUT2D eigenvalue weighted by Gasteiger charge is -2.16. The van der Waals surface area contributed by atoms with E-state index in [1.807, 2.05) is 0 Å². The second-order valence-electron chi connectivity index (χ2n) is 11.8. The number of likely N-dealkylation sites (tertiary alicyclic amines) is 1. The molecule has 1 fully saturated rings. The van der Waals surface area contributed by atoms with Gasteiger partial charge < -0.3 is 14.7 Å². The normalized spacial score (nSPS) is 17.2. The van der Waals surface area contributed by atoms with Gasteiger partial charge in [-0.25, -0.2) is 4.79 Å². The number of rotatable bonds is 26. The van der Waals surface area contributed by atoms with Gasteiger partial charge in [-0.15, -0.1) is 0 Å². The lowest BCUT2D eigenvalue weighted by Crippen LogP contribution is -2.16. The molecule has 0 saturated carbocycles. The Labute approximate surface area is 236 Å². The van der Waals surface area contributed by atoms with Crippen molar-refractivity contribution < 1.29 is 14.6 Å². The van der Waals surface area contributed by atoms with E-state index in [1.54, 1.807) is 0 Å². The van der Waals surface area contributed by atoms with Crippen LogP contribution in [0.1, 0.15) is 155 Å². The Morgan fingerprint density at radius 3 is 1.84 bits per heavy atom. The van der Waals surface area contributed by atoms with Crippen molar-refractivity contribution in [2.24, 2.45) is 5.92 Å². The maximum Gasteiger partial charge on any atom is 0.506 e. The monoisotopic (exact) mass is 533 g/mol. The van der Waals surface area contributed by atoms with Gasteiger partial charge in [0.1, 0.15) is 6.10 Å². The maximum atomic E-state index is 11.1. The van der Waals surface area contributed by atoms with Crippen molar-refractivity contribution >= 4 is 6.16 Å². The molecule has 0 amide bonds. The van der Waals surface area contributed by atoms with Crippen LogP contribution < -0.4 is 0 Å². The van der Waals surface area contributed by atoms with E-state index in [-0.39, 0.29) is 6.10 Å². The van der Waals surface area contributed by atoms with Crippen LogP contribution in [-0.2, 0) is 4.74 Å². The van der Waals surface area contributed by atoms with Gasteiger partial charge in [0.2, 0.25) is 0 Å². The van der Waals surface area contributed by atoms with Crippen LogP contribution >= 0.6 is 0 Å². The molecule has 2 atom stereocenters. The summed E-state index contributed by atoms with van der Waals surface area (Å²) in [5.41, 5.74) is 0. The molecule has 1 rings (SSSR count). The zero-order chi connectivity index (χ0) is 27.5. The maximum absolute atomic E-state index is 11.1. The van der Waals surface area contributed by atoms with E-state index in [4.69, 9.17) is 9.84 Å². The van der Waals surface area contributed by atoms with Gasteiger partial charge in [0.25, 0.3) is 0 Å². The molecule has 38 heavy (non-hydrogen) atoms. The van der Waals surface area contributed by atoms with Gasteiger partial charge in [0, 0.05) is 6.54 Å². The van der Waals surface area contributed by atoms with Crippen LogP contribution in [0.3, 0.4) is 0 Å². The number of hydrogen-bond acceptors (Lipinski definition) is 3. The number of carboxylic acid groups (broad SMARTS) is 1. The summed E-state index contributed by atoms with van der Waals surface area (Å²) in [6.07, 6.45) is 36.4. The van der Waals surface area contributed by atoms with Gasteiger partial charge in [0.05, 0.1) is 0 Å². The molecule has 1 heterocycles. The van der Waals surface area contributed by atoms with Crippen molar-refractivity contribution in [3.05, 3.63) is 24.3 Å². The van der Waals surface area contributed by atoms with Crippen LogP contribution in [0, 0.1) is 5.92 Å². The highest BCUT2D eigenvalue weighted by atomic mass is 16.7. The Bertz CT molecular complexity index is 588. The largest absolute Gasteiger partial charge is 0.506 e. The van der Waals surface area contributed by atoms with Gasteiger partial charge in [-0.3, -0.25) is 0 Å². The molecule has 0 aromatic carbocycles. The Hall–Kier alpha value is -1.29. The minimum atomic E-state index is -1.11. The third kappa shape index (κ3) is 22.7. The summed E-state index contributed by atoms with van der Waals surface area (Å²) in [4.78, 5) is 13.6. The fourth-order valence-electron chi connectivity index (χ4n) is 5.72. The fourth-order valence-corrected chi connectivity index (χ4v) is 5.72. The minimum Gasteiger partial charge on any atom is -0.450 e. The first-order valence-corrected chi connectivity index (χ1v) is 16.5. The molecule has 4 nitrogen and oxygen atoms in total. The molecular weight excluding hydrogens is 470 g/mol. The number of allylic oxidation sites excluding steroid dienone is 4. The Balaban J connectivity index is 1.92. The highest BCUT2D eigenvalue weighted by Crippen LogP contribution is 2.22. The molecule has 1 N–H and O–H groups in total. The van der Waals surface area contributed by atoms with Crippen molar-refractivity contribution in [2.75, 3.05) is 20.1 Å². The van der Waals surface area contributed by atoms with E-state index in [0.717, 1.165) is 38.0 Å². The van der Waals surface area contributed by atoms with E-state index in [1.165, 1.54) is 129 Å². The first kappa shape index (κ1) is 34.7. The lowest BCUT2D eigenvalue weighted by molar-refractivity contribution is 0.0422. The van der Waals surface area contributed by atoms with E-state index in [0.29, 0.717) is 0 Å². The molecular formula is C34H63NO3. The fraction of sp³-hybridized carbons (Fsp3) is 0.853. The molecule has 0 bridgehead atoms. The summed E-state index contributed by atoms with van der Waals surface area (Å²) in [7, 11) is 2.24. The molecule has 1 aliphatic heterocycles. The average Bonchev–Trinajstić information content (AvgIpc) is 3.31. The number of nitrogens with zero attached hydrogens (tertiary/aromatic N) is 1. The molecule has 0 spiro atoms. The summed E-state index contributed by atoms with van der Waals surface area (Å²) in [6.45, 7) is 4.85. The van der Waals surface area contributed by atoms with Crippen molar-refractivity contribution in [2.45, 2.75) is 161 Å². The van der Waals surface area contributed by atoms with E-state index >= 15 is 0 Å². The van der Waals surface area contributed by atoms with Gasteiger partial charge in [0.15, 0.2) is 0 Å². The SMILES string of the molecule is CCCCC/C=C\C/C=C\CCCCCCCC(CCCCCCCCCCC1CCN(C)C1)OC(=O)O. The Morgan fingerprint density at radius 1 is 0.789 bits per heavy atom. The number of hydrogen-bond donors (Lipinski definition) is 1. The molecule has 0 aromatic heterocycles. The van der Waals surface area contributed by atoms with Gasteiger partial charge in [-0.05, 0) is 90.1 Å². The second kappa shape index (κ2) is 26.0. The standard InChI is InChI=1S/C34H63NO3/c1-3-4-5-6-7-8-9-10-11-12-13-14-18-21-24-27-33(38-34(36)37)28-25-22-19-16-15-17-20-23-26-32-29-30-35(2)31-32/h7-8,10-11,32-33H,3-6,9,12-31H2,1-2H3,(H,36,37)/b8-7-,11-10-. The topological polar surface area (TPSA) is 49.8 Å². The lowest BCUT2D eigenvalue weighted by atomic mass is 9.99. The van der Waals surface area contributed by atoms with E-state index in [2.05, 4.69) is 43.2 Å². The van der Waals surface area contributed by atoms with Gasteiger partial charge in [-0.2, -0.15) is 0 Å². The minimum absolute atomic E-state index is 0.111. The zero-order valence-electron chi connectivity index (χ0n) is 25.4. The molecule has 1 aliphatic rings. The molecule has 1 saturated heterocycles. The number of ether oxygens (including phenoxy) is 1. The predicted molar refractivity (Wildman–Crippen MR) is 164 cm³/mol. The molecule has 222 valence electrons. The summed E-state index contributed by atoms with van der Waals surface area (Å²) in [5.74, 6) is 0.950. The summed E-state index contributed by atoms with van der Waals surface area (Å²) in [5, 5.41) is 9.10. The molecule has 0 aromatic rings. The van der Waals surface area contributed by atoms with Crippen molar-refractivity contribution in [1.29, 1.82) is 0 Å². The van der Waals surface area contributed by atoms with Crippen LogP contribution in [-0.4, -0.2) is 42.4 Å². The highest BCUT2D eigenvalue weighted by molar-refractivity contribution is 5.57. The molecule has 0 aliphatic carbocycles. The summed E-state index contributed by atoms with van der Waals surface area (Å²) >= 11 is 0. The third-order valence-corrected chi connectivity index (χ3v) is 8.12. The van der Waals surface area contributed by atoms with Crippen LogP contribution in [0.4, 0.5) is 4.79 Å². The summed E-state index contributed by atoms with van der Waals surface area (Å²) < 4.78 is 5.19. The first-order chi connectivity index (χ1) is 18.6. The van der Waals surface area contributed by atoms with E-state index in [9.17, 15) is 4.79 Å². The first-order valence-electron chi connectivity index (χ1n) is 16.5. The van der Waals surface area contributed by atoms with Crippen LogP contribution in [0.2, 0.25) is 0 Å². The highest BCUT2D eigenvalue weighted by Gasteiger charge is 2.18. The van der Waals surface area contributed by atoms with Crippen LogP contribution in [0.5, 0.6) is 0 Å². The number of unbranched alkanes of at least 4 members (excludes halogenated alkanes) is 15. The van der Waals surface area contributed by atoms with Gasteiger partial charge >= 0.3 is 6.16 Å². The van der Waals surface area contributed by atoms with Crippen LogP contribution in [0.15, 0.2) is 24.3 Å². The van der Waals surface area contributed by atoms with Gasteiger partial charge in [-0.1, -0.05) is 108 Å². The molecule has 0 radical (unpaired) electrons. The summed E-state index contributed by atoms with van der Waals surface area (Å²) in [6, 6.07) is 0. The average molecular weight is 534 g/mol. The smallest absolute Gasteiger partial charge is 0.450 e. The zero-order valence-corrected chi connectivity index (χ0v) is 25.4. The Morgan fingerprint density at radius 2 is 1.32 bits per heavy atom. The van der Waals surface area contributed by atoms with E-state index < -0.39 is 6.16 Å². The van der Waals surface area contributed by atoms with Crippen LogP contribution in [0.25, 0.3) is 0 Å². The van der Waals surface area contributed by atoms with Crippen molar-refractivity contribution in [1.82, 2.24) is 4.90 Å². The molecule has 2 unspecified atom stereocenters. The quantitative estimate of drug-likeness (QED) is 0.0682. The Kier molecular flexibility index (Phi) is 23.7. The predicted octanol–water partition coefficient (Wildman–Crippen LogP) is 10.7. The number of carbonyl (C=O) groups is 1.